The molecule has 0 spiro atoms. The summed E-state index contributed by atoms with van der Waals surface area (Å²) in [6, 6.07) is 4.49. The van der Waals surface area contributed by atoms with Crippen LogP contribution in [0.25, 0.3) is 0 Å². The Bertz CT molecular complexity index is 739. The van der Waals surface area contributed by atoms with Crippen molar-refractivity contribution >= 4 is 51.4 Å². The number of rotatable bonds is 12. The van der Waals surface area contributed by atoms with Crippen molar-refractivity contribution < 1.29 is 4.79 Å². The van der Waals surface area contributed by atoms with Crippen molar-refractivity contribution in [3.05, 3.63) is 33.3 Å². The van der Waals surface area contributed by atoms with Gasteiger partial charge in [0, 0.05) is 11.4 Å². The fourth-order valence-corrected chi connectivity index (χ4v) is 4.07. The number of carbonyl (C=O) groups excluding carboxylic acids is 1. The molecule has 0 unspecified atom stereocenters. The fourth-order valence-electron chi connectivity index (χ4n) is 2.83. The monoisotopic (exact) mass is 442 g/mol. The molecule has 0 saturated carbocycles. The number of urea groups is 1. The van der Waals surface area contributed by atoms with Gasteiger partial charge < -0.3 is 5.32 Å². The van der Waals surface area contributed by atoms with E-state index in [9.17, 15) is 4.79 Å². The summed E-state index contributed by atoms with van der Waals surface area (Å²) in [6.45, 7) is 2.25. The first-order valence-electron chi connectivity index (χ1n) is 9.94. The largest absolute Gasteiger partial charge is 0.325 e. The molecule has 2 N–H and O–H groups in total. The summed E-state index contributed by atoms with van der Waals surface area (Å²) >= 11 is 13.3. The molecule has 8 heteroatoms. The predicted molar refractivity (Wildman–Crippen MR) is 120 cm³/mol. The van der Waals surface area contributed by atoms with E-state index in [1.165, 1.54) is 62.7 Å². The molecule has 1 heterocycles. The molecule has 5 nitrogen and oxygen atoms in total. The lowest BCUT2D eigenvalue weighted by Gasteiger charge is -2.07. The number of hydrogen-bond donors (Lipinski definition) is 2. The maximum atomic E-state index is 12.1. The Morgan fingerprint density at radius 2 is 1.64 bits per heavy atom. The Labute approximate surface area is 181 Å². The van der Waals surface area contributed by atoms with Crippen molar-refractivity contribution in [2.24, 2.45) is 0 Å². The van der Waals surface area contributed by atoms with Gasteiger partial charge in [0.25, 0.3) is 0 Å². The number of nitrogens with one attached hydrogen (secondary N) is 2. The molecule has 0 aliphatic rings. The van der Waals surface area contributed by atoms with Gasteiger partial charge in [0.15, 0.2) is 0 Å². The van der Waals surface area contributed by atoms with Crippen molar-refractivity contribution in [2.75, 3.05) is 10.6 Å². The average Bonchev–Trinajstić information content (AvgIpc) is 3.10. The number of hydrogen-bond acceptors (Lipinski definition) is 4. The van der Waals surface area contributed by atoms with Crippen LogP contribution < -0.4 is 10.6 Å². The first-order chi connectivity index (χ1) is 13.6. The van der Waals surface area contributed by atoms with Gasteiger partial charge in [-0.15, -0.1) is 10.2 Å². The highest BCUT2D eigenvalue weighted by Gasteiger charge is 2.10. The number of halogens is 2. The van der Waals surface area contributed by atoms with Crippen LogP contribution in [0, 0.1) is 0 Å². The molecule has 2 amide bonds. The second kappa shape index (κ2) is 13.0. The van der Waals surface area contributed by atoms with Crippen molar-refractivity contribution in [1.29, 1.82) is 0 Å². The van der Waals surface area contributed by atoms with Crippen LogP contribution in [0.2, 0.25) is 10.0 Å². The van der Waals surface area contributed by atoms with Crippen LogP contribution in [0.15, 0.2) is 18.2 Å². The van der Waals surface area contributed by atoms with E-state index in [0.29, 0.717) is 20.9 Å². The molecule has 1 aromatic heterocycles. The van der Waals surface area contributed by atoms with Crippen LogP contribution in [0.1, 0.15) is 69.7 Å². The van der Waals surface area contributed by atoms with E-state index in [2.05, 4.69) is 27.8 Å². The third-order valence-electron chi connectivity index (χ3n) is 4.36. The van der Waals surface area contributed by atoms with E-state index in [-0.39, 0.29) is 0 Å². The van der Waals surface area contributed by atoms with E-state index in [0.717, 1.165) is 17.8 Å². The molecule has 2 rings (SSSR count). The summed E-state index contributed by atoms with van der Waals surface area (Å²) in [7, 11) is 0. The third kappa shape index (κ3) is 8.76. The van der Waals surface area contributed by atoms with Gasteiger partial charge in [-0.2, -0.15) is 0 Å². The van der Waals surface area contributed by atoms with Crippen LogP contribution in [0.4, 0.5) is 15.6 Å². The van der Waals surface area contributed by atoms with Gasteiger partial charge in [-0.05, 0) is 24.6 Å². The molecule has 0 aliphatic carbocycles. The summed E-state index contributed by atoms with van der Waals surface area (Å²) in [5, 5.41) is 15.9. The molecule has 0 radical (unpaired) electrons. The SMILES string of the molecule is CCCCCCCCCCCc1nnc(NC(=O)Nc2ccc(Cl)cc2Cl)s1. The second-order valence-electron chi connectivity index (χ2n) is 6.78. The molecule has 0 fully saturated rings. The highest BCUT2D eigenvalue weighted by atomic mass is 35.5. The van der Waals surface area contributed by atoms with E-state index in [4.69, 9.17) is 23.2 Å². The van der Waals surface area contributed by atoms with Gasteiger partial charge in [-0.25, -0.2) is 4.79 Å². The molecule has 1 aromatic carbocycles. The Balaban J connectivity index is 1.63. The van der Waals surface area contributed by atoms with Gasteiger partial charge in [0.05, 0.1) is 10.7 Å². The minimum absolute atomic E-state index is 0.381. The molecular formula is C20H28Cl2N4OS. The lowest BCUT2D eigenvalue weighted by atomic mass is 10.1. The average molecular weight is 443 g/mol. The van der Waals surface area contributed by atoms with Crippen LogP contribution >= 0.6 is 34.5 Å². The molecular weight excluding hydrogens is 415 g/mol. The summed E-state index contributed by atoms with van der Waals surface area (Å²) in [5.41, 5.74) is 0.489. The summed E-state index contributed by atoms with van der Waals surface area (Å²) in [5.74, 6) is 0. The minimum Gasteiger partial charge on any atom is -0.306 e. The van der Waals surface area contributed by atoms with E-state index < -0.39 is 6.03 Å². The summed E-state index contributed by atoms with van der Waals surface area (Å²) in [6.07, 6.45) is 12.6. The van der Waals surface area contributed by atoms with Crippen LogP contribution in [-0.2, 0) is 6.42 Å². The molecule has 0 atom stereocenters. The lowest BCUT2D eigenvalue weighted by Crippen LogP contribution is -2.19. The minimum atomic E-state index is -0.407. The lowest BCUT2D eigenvalue weighted by molar-refractivity contribution is 0.262. The smallest absolute Gasteiger partial charge is 0.306 e. The Morgan fingerprint density at radius 3 is 2.32 bits per heavy atom. The first-order valence-corrected chi connectivity index (χ1v) is 11.5. The molecule has 0 saturated heterocycles. The summed E-state index contributed by atoms with van der Waals surface area (Å²) in [4.78, 5) is 12.1. The number of aromatic nitrogens is 2. The number of unbranched alkanes of at least 4 members (excludes halogenated alkanes) is 8. The Morgan fingerprint density at radius 1 is 0.964 bits per heavy atom. The zero-order chi connectivity index (χ0) is 20.2. The highest BCUT2D eigenvalue weighted by Crippen LogP contribution is 2.26. The quantitative estimate of drug-likeness (QED) is 0.333. The number of carbonyl (C=O) groups is 1. The number of aryl methyl sites for hydroxylation is 1. The molecule has 0 bridgehead atoms. The van der Waals surface area contributed by atoms with Crippen molar-refractivity contribution in [3.63, 3.8) is 0 Å². The van der Waals surface area contributed by atoms with E-state index in [1.807, 2.05) is 0 Å². The van der Waals surface area contributed by atoms with Crippen LogP contribution in [0.3, 0.4) is 0 Å². The fraction of sp³-hybridized carbons (Fsp3) is 0.550. The van der Waals surface area contributed by atoms with Gasteiger partial charge >= 0.3 is 6.03 Å². The zero-order valence-corrected chi connectivity index (χ0v) is 18.6. The molecule has 2 aromatic rings. The molecule has 28 heavy (non-hydrogen) atoms. The molecule has 0 aliphatic heterocycles. The van der Waals surface area contributed by atoms with Crippen molar-refractivity contribution in [2.45, 2.75) is 71.1 Å². The van der Waals surface area contributed by atoms with Crippen molar-refractivity contribution in [1.82, 2.24) is 10.2 Å². The van der Waals surface area contributed by atoms with E-state index >= 15 is 0 Å². The third-order valence-corrected chi connectivity index (χ3v) is 5.81. The van der Waals surface area contributed by atoms with Gasteiger partial charge in [-0.3, -0.25) is 5.32 Å². The van der Waals surface area contributed by atoms with Crippen LogP contribution in [-0.4, -0.2) is 16.2 Å². The highest BCUT2D eigenvalue weighted by molar-refractivity contribution is 7.15. The Hall–Kier alpha value is -1.37. The number of benzene rings is 1. The van der Waals surface area contributed by atoms with Gasteiger partial charge in [-0.1, -0.05) is 92.8 Å². The van der Waals surface area contributed by atoms with Gasteiger partial charge in [0.2, 0.25) is 5.13 Å². The second-order valence-corrected chi connectivity index (χ2v) is 8.69. The first kappa shape index (κ1) is 22.9. The topological polar surface area (TPSA) is 66.9 Å². The van der Waals surface area contributed by atoms with Crippen LogP contribution in [0.5, 0.6) is 0 Å². The van der Waals surface area contributed by atoms with E-state index in [1.54, 1.807) is 18.2 Å². The Kier molecular flexibility index (Phi) is 10.6. The predicted octanol–water partition coefficient (Wildman–Crippen LogP) is 7.56. The summed E-state index contributed by atoms with van der Waals surface area (Å²) < 4.78 is 0. The van der Waals surface area contributed by atoms with Gasteiger partial charge in [0.1, 0.15) is 5.01 Å². The number of anilines is 2. The normalized spacial score (nSPS) is 10.8. The number of nitrogens with zero attached hydrogens (tertiary/aromatic N) is 2. The standard InChI is InChI=1S/C20H28Cl2N4OS/c1-2-3-4-5-6-7-8-9-10-11-18-25-26-20(28-18)24-19(27)23-17-13-12-15(21)14-16(17)22/h12-14H,2-11H2,1H3,(H2,23,24,26,27). The molecule has 154 valence electrons. The van der Waals surface area contributed by atoms with Crippen molar-refractivity contribution in [3.8, 4) is 0 Å². The maximum Gasteiger partial charge on any atom is 0.325 e. The zero-order valence-electron chi connectivity index (χ0n) is 16.3. The number of amides is 2. The maximum absolute atomic E-state index is 12.1.